The first-order valence-corrected chi connectivity index (χ1v) is 7.62. The van der Waals surface area contributed by atoms with Crippen molar-refractivity contribution in [2.24, 2.45) is 0 Å². The molecule has 0 aliphatic rings. The number of carbonyl (C=O) groups is 4. The minimum Gasteiger partial charge on any atom is -0.481 e. The molecule has 7 nitrogen and oxygen atoms in total. The number of aliphatic carboxylic acids is 1. The molecule has 7 heteroatoms. The van der Waals surface area contributed by atoms with E-state index in [0.29, 0.717) is 0 Å². The van der Waals surface area contributed by atoms with Crippen LogP contribution in [0.2, 0.25) is 0 Å². The Morgan fingerprint density at radius 3 is 1.92 bits per heavy atom. The monoisotopic (exact) mass is 336 g/mol. The lowest BCUT2D eigenvalue weighted by Gasteiger charge is -2.05. The van der Waals surface area contributed by atoms with Crippen LogP contribution in [0.1, 0.15) is 44.1 Å². The number of carboxylic acids is 1. The molecule has 1 aromatic carbocycles. The fraction of sp³-hybridized carbons (Fsp3) is 0.412. The number of hydrogen-bond donors (Lipinski definition) is 1. The lowest BCUT2D eigenvalue weighted by atomic mass is 10.2. The van der Waals surface area contributed by atoms with Crippen LogP contribution in [0.3, 0.4) is 0 Å². The molecule has 0 saturated heterocycles. The summed E-state index contributed by atoms with van der Waals surface area (Å²) in [7, 11) is 0. The van der Waals surface area contributed by atoms with Crippen molar-refractivity contribution in [3.63, 3.8) is 0 Å². The molecule has 0 amide bonds. The molecule has 24 heavy (non-hydrogen) atoms. The molecule has 130 valence electrons. The number of ether oxygens (including phenoxy) is 2. The van der Waals surface area contributed by atoms with E-state index < -0.39 is 23.9 Å². The molecule has 1 rings (SSSR count). The highest BCUT2D eigenvalue weighted by atomic mass is 16.6. The standard InChI is InChI=1S/C17H20O7/c18-14(19)8-4-10-16(21)24-17(22)11-5-9-15(20)23-12-13-6-2-1-3-7-13/h1-3,6-7H,4-5,8-12H2,(H,18,19). The number of benzene rings is 1. The summed E-state index contributed by atoms with van der Waals surface area (Å²) in [6.07, 6.45) is 0.0239. The molecule has 0 spiro atoms. The Bertz CT molecular complexity index is 566. The molecule has 0 fully saturated rings. The Morgan fingerprint density at radius 1 is 0.792 bits per heavy atom. The van der Waals surface area contributed by atoms with Crippen molar-refractivity contribution in [1.82, 2.24) is 0 Å². The van der Waals surface area contributed by atoms with E-state index >= 15 is 0 Å². The van der Waals surface area contributed by atoms with Gasteiger partial charge >= 0.3 is 23.9 Å². The predicted octanol–water partition coefficient (Wildman–Crippen LogP) is 2.22. The van der Waals surface area contributed by atoms with Crippen LogP contribution in [0.5, 0.6) is 0 Å². The second-order valence-electron chi connectivity index (χ2n) is 5.09. The summed E-state index contributed by atoms with van der Waals surface area (Å²) in [6, 6.07) is 9.21. The van der Waals surface area contributed by atoms with E-state index in [9.17, 15) is 19.2 Å². The summed E-state index contributed by atoms with van der Waals surface area (Å²) < 4.78 is 9.57. The van der Waals surface area contributed by atoms with Gasteiger partial charge in [0.1, 0.15) is 6.61 Å². The van der Waals surface area contributed by atoms with Crippen LogP contribution in [0, 0.1) is 0 Å². The molecule has 0 aliphatic carbocycles. The van der Waals surface area contributed by atoms with Gasteiger partial charge in [-0.25, -0.2) is 0 Å². The van der Waals surface area contributed by atoms with Gasteiger partial charge in [-0.15, -0.1) is 0 Å². The van der Waals surface area contributed by atoms with Gasteiger partial charge in [0.15, 0.2) is 0 Å². The summed E-state index contributed by atoms with van der Waals surface area (Å²) in [5, 5.41) is 8.43. The Kier molecular flexibility index (Phi) is 8.81. The summed E-state index contributed by atoms with van der Waals surface area (Å²) in [6.45, 7) is 0.173. The van der Waals surface area contributed by atoms with Crippen molar-refractivity contribution in [1.29, 1.82) is 0 Å². The highest BCUT2D eigenvalue weighted by Crippen LogP contribution is 2.05. The molecule has 0 aliphatic heterocycles. The lowest BCUT2D eigenvalue weighted by Crippen LogP contribution is -2.13. The van der Waals surface area contributed by atoms with E-state index in [4.69, 9.17) is 9.84 Å². The first kappa shape index (κ1) is 19.3. The Balaban J connectivity index is 2.10. The van der Waals surface area contributed by atoms with Gasteiger partial charge in [0.05, 0.1) is 0 Å². The fourth-order valence-electron chi connectivity index (χ4n) is 1.80. The average molecular weight is 336 g/mol. The zero-order valence-corrected chi connectivity index (χ0v) is 13.2. The second-order valence-corrected chi connectivity index (χ2v) is 5.09. The average Bonchev–Trinajstić information content (AvgIpc) is 2.53. The van der Waals surface area contributed by atoms with Crippen molar-refractivity contribution in [2.75, 3.05) is 0 Å². The number of carboxylic acid groups (broad SMARTS) is 1. The molecule has 1 N–H and O–H groups in total. The first-order chi connectivity index (χ1) is 11.5. The molecule has 0 radical (unpaired) electrons. The van der Waals surface area contributed by atoms with Crippen molar-refractivity contribution in [3.05, 3.63) is 35.9 Å². The summed E-state index contributed by atoms with van der Waals surface area (Å²) in [5.41, 5.74) is 0.872. The van der Waals surface area contributed by atoms with Crippen molar-refractivity contribution in [2.45, 2.75) is 45.1 Å². The summed E-state index contributed by atoms with van der Waals surface area (Å²) in [5.74, 6) is -2.93. The molecular formula is C17H20O7. The third kappa shape index (κ3) is 9.34. The predicted molar refractivity (Wildman–Crippen MR) is 82.7 cm³/mol. The van der Waals surface area contributed by atoms with Crippen molar-refractivity contribution >= 4 is 23.9 Å². The number of esters is 3. The molecular weight excluding hydrogens is 316 g/mol. The third-order valence-corrected chi connectivity index (χ3v) is 3.00. The van der Waals surface area contributed by atoms with Crippen LogP contribution in [0.25, 0.3) is 0 Å². The van der Waals surface area contributed by atoms with E-state index in [1.54, 1.807) is 0 Å². The van der Waals surface area contributed by atoms with Crippen LogP contribution in [-0.4, -0.2) is 29.0 Å². The van der Waals surface area contributed by atoms with Crippen LogP contribution in [0.4, 0.5) is 0 Å². The van der Waals surface area contributed by atoms with E-state index in [-0.39, 0.29) is 45.1 Å². The SMILES string of the molecule is O=C(O)CCCC(=O)OC(=O)CCCC(=O)OCc1ccccc1. The van der Waals surface area contributed by atoms with Gasteiger partial charge in [-0.1, -0.05) is 30.3 Å². The van der Waals surface area contributed by atoms with Gasteiger partial charge in [-0.2, -0.15) is 0 Å². The number of rotatable bonds is 10. The van der Waals surface area contributed by atoms with Crippen LogP contribution in [-0.2, 0) is 35.3 Å². The second kappa shape index (κ2) is 10.9. The Hall–Kier alpha value is -2.70. The molecule has 0 bridgehead atoms. The topological polar surface area (TPSA) is 107 Å². The van der Waals surface area contributed by atoms with E-state index in [1.165, 1.54) is 0 Å². The van der Waals surface area contributed by atoms with Crippen molar-refractivity contribution < 1.29 is 33.8 Å². The van der Waals surface area contributed by atoms with E-state index in [1.807, 2.05) is 30.3 Å². The van der Waals surface area contributed by atoms with Gasteiger partial charge in [0.2, 0.25) is 0 Å². The van der Waals surface area contributed by atoms with Gasteiger partial charge < -0.3 is 14.6 Å². The first-order valence-electron chi connectivity index (χ1n) is 7.62. The van der Waals surface area contributed by atoms with Crippen LogP contribution < -0.4 is 0 Å². The normalized spacial score (nSPS) is 10.0. The van der Waals surface area contributed by atoms with Crippen LogP contribution >= 0.6 is 0 Å². The zero-order valence-electron chi connectivity index (χ0n) is 13.2. The van der Waals surface area contributed by atoms with Crippen LogP contribution in [0.15, 0.2) is 30.3 Å². The molecule has 0 atom stereocenters. The van der Waals surface area contributed by atoms with Gasteiger partial charge in [-0.3, -0.25) is 19.2 Å². The lowest BCUT2D eigenvalue weighted by molar-refractivity contribution is -0.159. The van der Waals surface area contributed by atoms with E-state index in [2.05, 4.69) is 4.74 Å². The Morgan fingerprint density at radius 2 is 1.33 bits per heavy atom. The number of carbonyl (C=O) groups excluding carboxylic acids is 3. The summed E-state index contributed by atoms with van der Waals surface area (Å²) >= 11 is 0. The van der Waals surface area contributed by atoms with Gasteiger partial charge in [0, 0.05) is 25.7 Å². The highest BCUT2D eigenvalue weighted by Gasteiger charge is 2.12. The Labute approximate surface area is 139 Å². The summed E-state index contributed by atoms with van der Waals surface area (Å²) in [4.78, 5) is 44.5. The minimum absolute atomic E-state index is 0.0507. The fourth-order valence-corrected chi connectivity index (χ4v) is 1.80. The maximum atomic E-state index is 11.5. The van der Waals surface area contributed by atoms with Gasteiger partial charge in [0.25, 0.3) is 0 Å². The smallest absolute Gasteiger partial charge is 0.313 e. The molecule has 1 aromatic rings. The maximum Gasteiger partial charge on any atom is 0.313 e. The number of hydrogen-bond acceptors (Lipinski definition) is 6. The highest BCUT2D eigenvalue weighted by molar-refractivity contribution is 5.85. The molecule has 0 saturated carbocycles. The zero-order chi connectivity index (χ0) is 17.8. The largest absolute Gasteiger partial charge is 0.481 e. The van der Waals surface area contributed by atoms with E-state index in [0.717, 1.165) is 5.56 Å². The minimum atomic E-state index is -1.01. The third-order valence-electron chi connectivity index (χ3n) is 3.00. The van der Waals surface area contributed by atoms with Gasteiger partial charge in [-0.05, 0) is 18.4 Å². The maximum absolute atomic E-state index is 11.5. The molecule has 0 heterocycles. The van der Waals surface area contributed by atoms with Crippen molar-refractivity contribution in [3.8, 4) is 0 Å². The quantitative estimate of drug-likeness (QED) is 0.515. The molecule has 0 unspecified atom stereocenters. The molecule has 0 aromatic heterocycles.